The lowest BCUT2D eigenvalue weighted by molar-refractivity contribution is -0.124. The predicted octanol–water partition coefficient (Wildman–Crippen LogP) is 5.58. The van der Waals surface area contributed by atoms with Gasteiger partial charge >= 0.3 is 0 Å². The van der Waals surface area contributed by atoms with Crippen LogP contribution >= 0.6 is 0 Å². The normalized spacial score (nSPS) is 24.7. The van der Waals surface area contributed by atoms with Crippen molar-refractivity contribution in [2.24, 2.45) is 11.3 Å². The SMILES string of the molecule is CC(=O)C1(C)CCC(C2=C(C)c3ccccc3NC2(C)C)C=C1NC(=O)c1ccco1. The van der Waals surface area contributed by atoms with Crippen molar-refractivity contribution < 1.29 is 14.0 Å². The molecule has 1 aromatic carbocycles. The highest BCUT2D eigenvalue weighted by Crippen LogP contribution is 2.48. The van der Waals surface area contributed by atoms with Crippen LogP contribution in [0, 0.1) is 11.3 Å². The van der Waals surface area contributed by atoms with Crippen LogP contribution in [0.2, 0.25) is 0 Å². The lowest BCUT2D eigenvalue weighted by Gasteiger charge is -2.44. The highest BCUT2D eigenvalue weighted by Gasteiger charge is 2.43. The standard InChI is InChI=1S/C26H30N2O3/c1-16-19-9-6-7-10-20(19)28-25(3,4)23(16)18-12-13-26(5,17(2)29)22(15-18)27-24(30)21-11-8-14-31-21/h6-11,14-15,18,28H,12-13H2,1-5H3,(H,27,30). The molecule has 2 aromatic rings. The number of benzene rings is 1. The molecule has 0 fully saturated rings. The van der Waals surface area contributed by atoms with Crippen molar-refractivity contribution in [3.63, 3.8) is 0 Å². The van der Waals surface area contributed by atoms with Crippen molar-refractivity contribution in [1.82, 2.24) is 5.32 Å². The molecule has 2 N–H and O–H groups in total. The Morgan fingerprint density at radius 2 is 1.87 bits per heavy atom. The molecule has 0 spiro atoms. The minimum Gasteiger partial charge on any atom is -0.459 e. The van der Waals surface area contributed by atoms with Crippen LogP contribution < -0.4 is 10.6 Å². The number of ketones is 1. The number of carbonyl (C=O) groups is 2. The summed E-state index contributed by atoms with van der Waals surface area (Å²) < 4.78 is 5.25. The maximum absolute atomic E-state index is 12.7. The molecule has 0 radical (unpaired) electrons. The molecular formula is C26H30N2O3. The molecule has 2 aliphatic rings. The number of anilines is 1. The average molecular weight is 419 g/mol. The molecule has 31 heavy (non-hydrogen) atoms. The molecule has 1 aliphatic carbocycles. The first-order valence-electron chi connectivity index (χ1n) is 10.8. The Morgan fingerprint density at radius 1 is 1.13 bits per heavy atom. The number of rotatable bonds is 4. The molecule has 0 saturated carbocycles. The first-order chi connectivity index (χ1) is 14.6. The summed E-state index contributed by atoms with van der Waals surface area (Å²) >= 11 is 0. The number of para-hydroxylation sites is 1. The summed E-state index contributed by atoms with van der Waals surface area (Å²) in [5.41, 5.74) is 4.56. The van der Waals surface area contributed by atoms with E-state index in [9.17, 15) is 9.59 Å². The highest BCUT2D eigenvalue weighted by molar-refractivity contribution is 5.95. The first-order valence-corrected chi connectivity index (χ1v) is 10.8. The summed E-state index contributed by atoms with van der Waals surface area (Å²) in [4.78, 5) is 25.3. The van der Waals surface area contributed by atoms with E-state index >= 15 is 0 Å². The van der Waals surface area contributed by atoms with E-state index < -0.39 is 5.41 Å². The Kier molecular flexibility index (Phi) is 5.16. The van der Waals surface area contributed by atoms with Gasteiger partial charge in [0.2, 0.25) is 0 Å². The van der Waals surface area contributed by atoms with Crippen molar-refractivity contribution in [1.29, 1.82) is 0 Å². The van der Waals surface area contributed by atoms with Crippen LogP contribution in [-0.4, -0.2) is 17.2 Å². The van der Waals surface area contributed by atoms with Crippen molar-refractivity contribution in [3.8, 4) is 0 Å². The van der Waals surface area contributed by atoms with E-state index in [0.29, 0.717) is 12.1 Å². The Balaban J connectivity index is 1.78. The van der Waals surface area contributed by atoms with Gasteiger partial charge in [0.15, 0.2) is 5.76 Å². The number of carbonyl (C=O) groups excluding carboxylic acids is 2. The fourth-order valence-corrected chi connectivity index (χ4v) is 5.09. The quantitative estimate of drug-likeness (QED) is 0.680. The van der Waals surface area contributed by atoms with Crippen LogP contribution in [0.3, 0.4) is 0 Å². The monoisotopic (exact) mass is 418 g/mol. The van der Waals surface area contributed by atoms with Gasteiger partial charge in [-0.3, -0.25) is 9.59 Å². The van der Waals surface area contributed by atoms with Crippen molar-refractivity contribution >= 4 is 23.0 Å². The van der Waals surface area contributed by atoms with E-state index in [4.69, 9.17) is 4.42 Å². The van der Waals surface area contributed by atoms with Gasteiger partial charge in [-0.1, -0.05) is 24.3 Å². The van der Waals surface area contributed by atoms with Crippen LogP contribution in [-0.2, 0) is 4.79 Å². The molecule has 2 heterocycles. The zero-order valence-corrected chi connectivity index (χ0v) is 18.8. The largest absolute Gasteiger partial charge is 0.459 e. The van der Waals surface area contributed by atoms with E-state index in [0.717, 1.165) is 12.1 Å². The fraction of sp³-hybridized carbons (Fsp3) is 0.385. The number of furan rings is 1. The van der Waals surface area contributed by atoms with Gasteiger partial charge in [-0.05, 0) is 76.8 Å². The molecule has 162 valence electrons. The zero-order valence-electron chi connectivity index (χ0n) is 18.8. The van der Waals surface area contributed by atoms with Gasteiger partial charge in [-0.25, -0.2) is 0 Å². The second-order valence-corrected chi connectivity index (χ2v) is 9.38. The van der Waals surface area contributed by atoms with Gasteiger partial charge in [0.1, 0.15) is 5.78 Å². The third kappa shape index (κ3) is 3.62. The van der Waals surface area contributed by atoms with Crippen LogP contribution in [0.15, 0.2) is 64.4 Å². The maximum atomic E-state index is 12.7. The third-order valence-corrected chi connectivity index (χ3v) is 6.91. The summed E-state index contributed by atoms with van der Waals surface area (Å²) in [6, 6.07) is 11.6. The third-order valence-electron chi connectivity index (χ3n) is 6.91. The average Bonchev–Trinajstić information content (AvgIpc) is 3.24. The molecule has 1 aliphatic heterocycles. The predicted molar refractivity (Wildman–Crippen MR) is 123 cm³/mol. The second kappa shape index (κ2) is 7.56. The van der Waals surface area contributed by atoms with Gasteiger partial charge in [0, 0.05) is 22.9 Å². The number of hydrogen-bond donors (Lipinski definition) is 2. The summed E-state index contributed by atoms with van der Waals surface area (Å²) in [7, 11) is 0. The minimum absolute atomic E-state index is 0.0500. The lowest BCUT2D eigenvalue weighted by atomic mass is 9.66. The molecular weight excluding hydrogens is 388 g/mol. The molecule has 0 bridgehead atoms. The van der Waals surface area contributed by atoms with E-state index in [1.165, 1.54) is 23.0 Å². The minimum atomic E-state index is -0.725. The molecule has 1 amide bonds. The molecule has 0 saturated heterocycles. The Hall–Kier alpha value is -3.08. The van der Waals surface area contributed by atoms with Gasteiger partial charge in [-0.2, -0.15) is 0 Å². The van der Waals surface area contributed by atoms with E-state index in [-0.39, 0.29) is 28.9 Å². The molecule has 4 rings (SSSR count). The van der Waals surface area contributed by atoms with Gasteiger partial charge in [0.05, 0.1) is 17.2 Å². The topological polar surface area (TPSA) is 71.3 Å². The summed E-state index contributed by atoms with van der Waals surface area (Å²) in [5.74, 6) is 0.0589. The van der Waals surface area contributed by atoms with Gasteiger partial charge in [0.25, 0.3) is 5.91 Å². The van der Waals surface area contributed by atoms with Crippen LogP contribution in [0.1, 0.15) is 63.6 Å². The number of Topliss-reactive ketones (excluding diaryl/α,β-unsaturated/α-hetero) is 1. The Labute approximate surface area is 183 Å². The van der Waals surface area contributed by atoms with E-state index in [1.807, 2.05) is 13.0 Å². The number of nitrogens with one attached hydrogen (secondary N) is 2. The van der Waals surface area contributed by atoms with Crippen LogP contribution in [0.25, 0.3) is 5.57 Å². The lowest BCUT2D eigenvalue weighted by Crippen LogP contribution is -2.44. The zero-order chi connectivity index (χ0) is 22.4. The first kappa shape index (κ1) is 21.2. The van der Waals surface area contributed by atoms with Crippen molar-refractivity contribution in [2.75, 3.05) is 5.32 Å². The van der Waals surface area contributed by atoms with E-state index in [1.54, 1.807) is 19.1 Å². The number of fused-ring (bicyclic) bond motifs is 1. The molecule has 5 heteroatoms. The Bertz CT molecular complexity index is 1090. The number of hydrogen-bond acceptors (Lipinski definition) is 4. The molecule has 1 aromatic heterocycles. The van der Waals surface area contributed by atoms with Crippen LogP contribution in [0.4, 0.5) is 5.69 Å². The van der Waals surface area contributed by atoms with Crippen molar-refractivity contribution in [2.45, 2.75) is 53.0 Å². The summed E-state index contributed by atoms with van der Waals surface area (Å²) in [6.45, 7) is 10.1. The summed E-state index contributed by atoms with van der Waals surface area (Å²) in [6.07, 6.45) is 5.07. The number of allylic oxidation sites excluding steroid dienone is 3. The fourth-order valence-electron chi connectivity index (χ4n) is 5.09. The van der Waals surface area contributed by atoms with E-state index in [2.05, 4.69) is 55.7 Å². The maximum Gasteiger partial charge on any atom is 0.291 e. The van der Waals surface area contributed by atoms with Crippen molar-refractivity contribution in [3.05, 3.63) is 71.3 Å². The molecule has 2 atom stereocenters. The van der Waals surface area contributed by atoms with Crippen LogP contribution in [0.5, 0.6) is 0 Å². The number of amides is 1. The van der Waals surface area contributed by atoms with Gasteiger partial charge in [-0.15, -0.1) is 0 Å². The van der Waals surface area contributed by atoms with Gasteiger partial charge < -0.3 is 15.1 Å². The molecule has 5 nitrogen and oxygen atoms in total. The second-order valence-electron chi connectivity index (χ2n) is 9.38. The summed E-state index contributed by atoms with van der Waals surface area (Å²) in [5, 5.41) is 6.67. The smallest absolute Gasteiger partial charge is 0.291 e. The molecule has 2 unspecified atom stereocenters. The highest BCUT2D eigenvalue weighted by atomic mass is 16.3. The Morgan fingerprint density at radius 3 is 2.55 bits per heavy atom.